The Balaban J connectivity index is 1.72. The van der Waals surface area contributed by atoms with Crippen LogP contribution in [-0.4, -0.2) is 51.7 Å². The summed E-state index contributed by atoms with van der Waals surface area (Å²) < 4.78 is 27.8. The molecule has 4 rings (SSSR count). The molecule has 2 aliphatic rings. The minimum Gasteiger partial charge on any atom is -0.497 e. The first-order valence-corrected chi connectivity index (χ1v) is 9.67. The molecule has 0 radical (unpaired) electrons. The van der Waals surface area contributed by atoms with E-state index in [1.54, 1.807) is 21.3 Å². The van der Waals surface area contributed by atoms with Crippen molar-refractivity contribution in [1.82, 2.24) is 4.90 Å². The van der Waals surface area contributed by atoms with Crippen LogP contribution in [0.1, 0.15) is 35.3 Å². The molecule has 0 unspecified atom stereocenters. The van der Waals surface area contributed by atoms with Crippen molar-refractivity contribution in [1.29, 1.82) is 0 Å². The van der Waals surface area contributed by atoms with E-state index in [0.29, 0.717) is 35.0 Å². The van der Waals surface area contributed by atoms with E-state index in [4.69, 9.17) is 23.7 Å². The van der Waals surface area contributed by atoms with Gasteiger partial charge in [-0.25, -0.2) is 0 Å². The Morgan fingerprint density at radius 3 is 2.69 bits per heavy atom. The number of aliphatic hydroxyl groups is 1. The molecular formula is C22H27NO6. The molecule has 0 aromatic heterocycles. The second-order valence-electron chi connectivity index (χ2n) is 7.32. The summed E-state index contributed by atoms with van der Waals surface area (Å²) in [5, 5.41) is 11.1. The first-order valence-electron chi connectivity index (χ1n) is 9.67. The topological polar surface area (TPSA) is 69.6 Å². The third kappa shape index (κ3) is 3.45. The molecule has 7 nitrogen and oxygen atoms in total. The van der Waals surface area contributed by atoms with E-state index in [9.17, 15) is 5.11 Å². The molecule has 2 aromatic carbocycles. The largest absolute Gasteiger partial charge is 0.497 e. The summed E-state index contributed by atoms with van der Waals surface area (Å²) >= 11 is 0. The zero-order valence-corrected chi connectivity index (χ0v) is 17.2. The van der Waals surface area contributed by atoms with Gasteiger partial charge in [0.05, 0.1) is 27.4 Å². The molecule has 1 N–H and O–H groups in total. The number of hydrogen-bond acceptors (Lipinski definition) is 7. The van der Waals surface area contributed by atoms with Crippen LogP contribution >= 0.6 is 0 Å². The van der Waals surface area contributed by atoms with Crippen molar-refractivity contribution in [3.05, 3.63) is 41.0 Å². The van der Waals surface area contributed by atoms with Gasteiger partial charge in [-0.1, -0.05) is 0 Å². The Hall–Kier alpha value is -2.64. The molecule has 0 fully saturated rings. The van der Waals surface area contributed by atoms with Crippen molar-refractivity contribution in [2.75, 3.05) is 41.7 Å². The summed E-state index contributed by atoms with van der Waals surface area (Å²) in [5.41, 5.74) is 2.91. The van der Waals surface area contributed by atoms with Crippen molar-refractivity contribution in [3.8, 4) is 28.7 Å². The molecule has 0 spiro atoms. The summed E-state index contributed by atoms with van der Waals surface area (Å²) in [6.45, 7) is 1.07. The van der Waals surface area contributed by atoms with Crippen molar-refractivity contribution in [3.63, 3.8) is 0 Å². The lowest BCUT2D eigenvalue weighted by molar-refractivity contribution is 0.105. The van der Waals surface area contributed by atoms with Crippen LogP contribution in [0.25, 0.3) is 0 Å². The van der Waals surface area contributed by atoms with Gasteiger partial charge in [-0.15, -0.1) is 0 Å². The molecule has 29 heavy (non-hydrogen) atoms. The van der Waals surface area contributed by atoms with Gasteiger partial charge < -0.3 is 28.8 Å². The Morgan fingerprint density at radius 2 is 1.97 bits per heavy atom. The van der Waals surface area contributed by atoms with Gasteiger partial charge >= 0.3 is 0 Å². The van der Waals surface area contributed by atoms with Gasteiger partial charge in [0, 0.05) is 23.7 Å². The van der Waals surface area contributed by atoms with Gasteiger partial charge in [-0.2, -0.15) is 0 Å². The third-order valence-electron chi connectivity index (χ3n) is 5.79. The van der Waals surface area contributed by atoms with Crippen LogP contribution in [0.4, 0.5) is 0 Å². The SMILES string of the molecule is COc1ccc(OC)c([C@H](O)C[C@H]2c3c(cc4c(c3OC)OCO4)CCN2C)c1. The number of methoxy groups -OCH3 is 3. The Morgan fingerprint density at radius 1 is 1.14 bits per heavy atom. The van der Waals surface area contributed by atoms with Gasteiger partial charge in [0.25, 0.3) is 0 Å². The molecule has 2 aromatic rings. The molecule has 0 amide bonds. The lowest BCUT2D eigenvalue weighted by Crippen LogP contribution is -2.33. The highest BCUT2D eigenvalue weighted by Crippen LogP contribution is 2.51. The fraction of sp³-hybridized carbons (Fsp3) is 0.455. The normalized spacial score (nSPS) is 18.9. The van der Waals surface area contributed by atoms with Crippen LogP contribution in [0.5, 0.6) is 28.7 Å². The summed E-state index contributed by atoms with van der Waals surface area (Å²) in [6, 6.07) is 7.45. The second kappa shape index (κ2) is 8.00. The van der Waals surface area contributed by atoms with Crippen molar-refractivity contribution in [2.24, 2.45) is 0 Å². The molecule has 2 heterocycles. The molecule has 0 saturated carbocycles. The molecule has 0 bridgehead atoms. The van der Waals surface area contributed by atoms with Crippen molar-refractivity contribution in [2.45, 2.75) is 25.0 Å². The Labute approximate surface area is 170 Å². The highest BCUT2D eigenvalue weighted by atomic mass is 16.7. The van der Waals surface area contributed by atoms with Crippen LogP contribution in [0.15, 0.2) is 24.3 Å². The van der Waals surface area contributed by atoms with Crippen LogP contribution in [0.3, 0.4) is 0 Å². The van der Waals surface area contributed by atoms with Crippen LogP contribution < -0.4 is 23.7 Å². The van der Waals surface area contributed by atoms with Gasteiger partial charge in [0.1, 0.15) is 11.5 Å². The first-order chi connectivity index (χ1) is 14.1. The average molecular weight is 401 g/mol. The number of aliphatic hydroxyl groups excluding tert-OH is 1. The van der Waals surface area contributed by atoms with E-state index < -0.39 is 6.10 Å². The number of rotatable bonds is 6. The predicted octanol–water partition coefficient (Wildman–Crippen LogP) is 3.09. The van der Waals surface area contributed by atoms with Gasteiger partial charge in [-0.3, -0.25) is 4.90 Å². The van der Waals surface area contributed by atoms with Crippen LogP contribution in [-0.2, 0) is 6.42 Å². The van der Waals surface area contributed by atoms with Gasteiger partial charge in [0.2, 0.25) is 12.5 Å². The lowest BCUT2D eigenvalue weighted by atomic mass is 9.87. The first kappa shape index (κ1) is 19.7. The second-order valence-corrected chi connectivity index (χ2v) is 7.32. The number of nitrogens with zero attached hydrogens (tertiary/aromatic N) is 1. The molecule has 7 heteroatoms. The number of hydrogen-bond donors (Lipinski definition) is 1. The smallest absolute Gasteiger partial charge is 0.231 e. The van der Waals surface area contributed by atoms with E-state index in [-0.39, 0.29) is 12.8 Å². The summed E-state index contributed by atoms with van der Waals surface area (Å²) in [7, 11) is 6.91. The molecule has 2 aliphatic heterocycles. The molecule has 156 valence electrons. The van der Waals surface area contributed by atoms with Crippen molar-refractivity contribution >= 4 is 0 Å². The fourth-order valence-electron chi connectivity index (χ4n) is 4.26. The predicted molar refractivity (Wildman–Crippen MR) is 107 cm³/mol. The summed E-state index contributed by atoms with van der Waals surface area (Å²) in [5.74, 6) is 3.36. The fourth-order valence-corrected chi connectivity index (χ4v) is 4.26. The van der Waals surface area contributed by atoms with Gasteiger partial charge in [0.15, 0.2) is 11.5 Å². The van der Waals surface area contributed by atoms with E-state index in [0.717, 1.165) is 24.3 Å². The Bertz CT molecular complexity index is 899. The number of ether oxygens (including phenoxy) is 5. The third-order valence-corrected chi connectivity index (χ3v) is 5.79. The highest BCUT2D eigenvalue weighted by molar-refractivity contribution is 5.62. The standard InChI is InChI=1S/C22H27NO6/c1-23-8-7-13-9-19-21(29-12-28-19)22(27-4)20(13)16(23)11-17(24)15-10-14(25-2)5-6-18(15)26-3/h5-6,9-10,16-17,24H,7-8,11-12H2,1-4H3/t16-,17+/m0/s1. The van der Waals surface area contributed by atoms with E-state index >= 15 is 0 Å². The van der Waals surface area contributed by atoms with Gasteiger partial charge in [-0.05, 0) is 49.7 Å². The number of benzene rings is 2. The monoisotopic (exact) mass is 401 g/mol. The van der Waals surface area contributed by atoms with E-state index in [1.807, 2.05) is 24.3 Å². The van der Waals surface area contributed by atoms with E-state index in [1.165, 1.54) is 5.56 Å². The lowest BCUT2D eigenvalue weighted by Gasteiger charge is -2.37. The maximum Gasteiger partial charge on any atom is 0.231 e. The minimum absolute atomic E-state index is 0.0471. The minimum atomic E-state index is -0.742. The summed E-state index contributed by atoms with van der Waals surface area (Å²) in [4.78, 5) is 2.24. The van der Waals surface area contributed by atoms with E-state index in [2.05, 4.69) is 11.9 Å². The maximum atomic E-state index is 11.1. The number of fused-ring (bicyclic) bond motifs is 2. The molecule has 0 saturated heterocycles. The molecule has 0 aliphatic carbocycles. The number of likely N-dealkylation sites (N-methyl/N-ethyl adjacent to an activating group) is 1. The molecule has 2 atom stereocenters. The quantitative estimate of drug-likeness (QED) is 0.798. The zero-order chi connectivity index (χ0) is 20.5. The van der Waals surface area contributed by atoms with Crippen LogP contribution in [0, 0.1) is 0 Å². The maximum absolute atomic E-state index is 11.1. The molecular weight excluding hydrogens is 374 g/mol. The Kier molecular flexibility index (Phi) is 5.43. The van der Waals surface area contributed by atoms with Crippen molar-refractivity contribution < 1.29 is 28.8 Å². The van der Waals surface area contributed by atoms with Crippen LogP contribution in [0.2, 0.25) is 0 Å². The summed E-state index contributed by atoms with van der Waals surface area (Å²) in [6.07, 6.45) is 0.616. The average Bonchev–Trinajstić information content (AvgIpc) is 3.21. The highest BCUT2D eigenvalue weighted by Gasteiger charge is 2.35. The zero-order valence-electron chi connectivity index (χ0n) is 17.2.